The number of hydrogen-bond acceptors (Lipinski definition) is 5. The van der Waals surface area contributed by atoms with E-state index in [0.717, 1.165) is 16.6 Å². The van der Waals surface area contributed by atoms with Gasteiger partial charge < -0.3 is 25.0 Å². The van der Waals surface area contributed by atoms with Gasteiger partial charge in [0.2, 0.25) is 0 Å². The average molecular weight is 278 g/mol. The maximum Gasteiger partial charge on any atom is 0.142 e. The zero-order valence-electron chi connectivity index (χ0n) is 11.4. The van der Waals surface area contributed by atoms with Crippen molar-refractivity contribution < 1.29 is 20.4 Å². The summed E-state index contributed by atoms with van der Waals surface area (Å²) >= 11 is 0. The highest BCUT2D eigenvalue weighted by Gasteiger charge is 2.42. The highest BCUT2D eigenvalue weighted by Crippen LogP contribution is 2.36. The van der Waals surface area contributed by atoms with Crippen molar-refractivity contribution in [2.45, 2.75) is 38.2 Å². The van der Waals surface area contributed by atoms with Gasteiger partial charge in [-0.3, -0.25) is 0 Å². The number of imidazole rings is 1. The third-order valence-corrected chi connectivity index (χ3v) is 4.18. The van der Waals surface area contributed by atoms with Gasteiger partial charge in [0.25, 0.3) is 0 Å². The Kier molecular flexibility index (Phi) is 3.06. The van der Waals surface area contributed by atoms with E-state index in [1.54, 1.807) is 4.57 Å². The monoisotopic (exact) mass is 278 g/mol. The summed E-state index contributed by atoms with van der Waals surface area (Å²) in [7, 11) is 0. The molecule has 6 heteroatoms. The van der Waals surface area contributed by atoms with Crippen LogP contribution in [0.4, 0.5) is 0 Å². The SMILES string of the molecule is Cc1cc2nc3n(c2cc1C)[C@@H](CO)[C@@H](O)[C@H](O)[C@H]3O. The minimum Gasteiger partial charge on any atom is -0.394 e. The summed E-state index contributed by atoms with van der Waals surface area (Å²) in [6, 6.07) is 3.10. The third-order valence-electron chi connectivity index (χ3n) is 4.18. The van der Waals surface area contributed by atoms with Crippen LogP contribution in [0.15, 0.2) is 12.1 Å². The molecule has 0 saturated carbocycles. The van der Waals surface area contributed by atoms with Crippen molar-refractivity contribution in [3.8, 4) is 0 Å². The molecular weight excluding hydrogens is 260 g/mol. The van der Waals surface area contributed by atoms with Crippen LogP contribution in [-0.4, -0.2) is 48.8 Å². The molecule has 1 aromatic carbocycles. The molecule has 6 nitrogen and oxygen atoms in total. The fraction of sp³-hybridized carbons (Fsp3) is 0.500. The maximum atomic E-state index is 10.1. The zero-order chi connectivity index (χ0) is 14.6. The van der Waals surface area contributed by atoms with Gasteiger partial charge in [0.1, 0.15) is 24.1 Å². The summed E-state index contributed by atoms with van der Waals surface area (Å²) in [5, 5.41) is 39.5. The highest BCUT2D eigenvalue weighted by molar-refractivity contribution is 5.78. The first kappa shape index (κ1) is 13.5. The Morgan fingerprint density at radius 3 is 2.40 bits per heavy atom. The molecule has 0 saturated heterocycles. The minimum absolute atomic E-state index is 0.279. The van der Waals surface area contributed by atoms with Gasteiger partial charge in [-0.2, -0.15) is 0 Å². The minimum atomic E-state index is -1.35. The Morgan fingerprint density at radius 2 is 1.75 bits per heavy atom. The molecule has 0 fully saturated rings. The van der Waals surface area contributed by atoms with Crippen molar-refractivity contribution in [2.75, 3.05) is 6.61 Å². The van der Waals surface area contributed by atoms with Gasteiger partial charge in [-0.25, -0.2) is 4.98 Å². The second-order valence-electron chi connectivity index (χ2n) is 5.44. The van der Waals surface area contributed by atoms with Crippen LogP contribution in [-0.2, 0) is 0 Å². The first-order valence-electron chi connectivity index (χ1n) is 6.60. The van der Waals surface area contributed by atoms with E-state index in [4.69, 9.17) is 0 Å². The van der Waals surface area contributed by atoms with E-state index in [2.05, 4.69) is 4.98 Å². The summed E-state index contributed by atoms with van der Waals surface area (Å²) in [5.74, 6) is 0.279. The van der Waals surface area contributed by atoms with Crippen LogP contribution in [0.1, 0.15) is 29.1 Å². The van der Waals surface area contributed by atoms with Gasteiger partial charge in [0.15, 0.2) is 0 Å². The van der Waals surface area contributed by atoms with Gasteiger partial charge in [-0.1, -0.05) is 0 Å². The number of benzene rings is 1. The second kappa shape index (κ2) is 4.53. The lowest BCUT2D eigenvalue weighted by Crippen LogP contribution is -2.46. The number of aromatic nitrogens is 2. The van der Waals surface area contributed by atoms with Crippen LogP contribution in [0.2, 0.25) is 0 Å². The van der Waals surface area contributed by atoms with E-state index >= 15 is 0 Å². The summed E-state index contributed by atoms with van der Waals surface area (Å²) in [5.41, 5.74) is 3.56. The first-order valence-corrected chi connectivity index (χ1v) is 6.60. The third kappa shape index (κ3) is 1.69. The van der Waals surface area contributed by atoms with Crippen LogP contribution in [0, 0.1) is 13.8 Å². The van der Waals surface area contributed by atoms with Gasteiger partial charge >= 0.3 is 0 Å². The Morgan fingerprint density at radius 1 is 1.10 bits per heavy atom. The van der Waals surface area contributed by atoms with E-state index in [1.807, 2.05) is 26.0 Å². The number of hydrogen-bond donors (Lipinski definition) is 4. The van der Waals surface area contributed by atoms with Crippen molar-refractivity contribution in [3.05, 3.63) is 29.1 Å². The van der Waals surface area contributed by atoms with Crippen LogP contribution >= 0.6 is 0 Å². The quantitative estimate of drug-likeness (QED) is 0.586. The van der Waals surface area contributed by atoms with Gasteiger partial charge in [-0.15, -0.1) is 0 Å². The smallest absolute Gasteiger partial charge is 0.142 e. The van der Waals surface area contributed by atoms with Gasteiger partial charge in [-0.05, 0) is 37.1 Å². The molecule has 3 rings (SSSR count). The molecule has 2 aromatic rings. The number of fused-ring (bicyclic) bond motifs is 3. The first-order chi connectivity index (χ1) is 9.45. The summed E-state index contributed by atoms with van der Waals surface area (Å²) in [6.07, 6.45) is -3.85. The fourth-order valence-corrected chi connectivity index (χ4v) is 2.84. The van der Waals surface area contributed by atoms with Crippen LogP contribution in [0.3, 0.4) is 0 Å². The van der Waals surface area contributed by atoms with E-state index in [9.17, 15) is 20.4 Å². The van der Waals surface area contributed by atoms with Crippen molar-refractivity contribution in [1.29, 1.82) is 0 Å². The molecule has 0 bridgehead atoms. The van der Waals surface area contributed by atoms with Crippen LogP contribution in [0.5, 0.6) is 0 Å². The molecule has 0 radical (unpaired) electrons. The van der Waals surface area contributed by atoms with Crippen molar-refractivity contribution in [2.24, 2.45) is 0 Å². The Labute approximate surface area is 115 Å². The lowest BCUT2D eigenvalue weighted by atomic mass is 9.96. The molecule has 108 valence electrons. The predicted molar refractivity (Wildman–Crippen MR) is 72.3 cm³/mol. The molecule has 4 N–H and O–H groups in total. The molecule has 1 aliphatic rings. The molecule has 0 aliphatic carbocycles. The van der Waals surface area contributed by atoms with Gasteiger partial charge in [0.05, 0.1) is 23.7 Å². The van der Waals surface area contributed by atoms with E-state index < -0.39 is 24.4 Å². The lowest BCUT2D eigenvalue weighted by Gasteiger charge is -2.35. The van der Waals surface area contributed by atoms with Crippen molar-refractivity contribution in [3.63, 3.8) is 0 Å². The summed E-state index contributed by atoms with van der Waals surface area (Å²) in [6.45, 7) is 3.60. The summed E-state index contributed by atoms with van der Waals surface area (Å²) in [4.78, 5) is 4.35. The number of aliphatic hydroxyl groups is 4. The molecular formula is C14H18N2O4. The van der Waals surface area contributed by atoms with E-state index in [0.29, 0.717) is 5.52 Å². The Bertz CT molecular complexity index is 667. The van der Waals surface area contributed by atoms with Crippen molar-refractivity contribution in [1.82, 2.24) is 9.55 Å². The molecule has 4 atom stereocenters. The lowest BCUT2D eigenvalue weighted by molar-refractivity contribution is -0.107. The molecule has 2 heterocycles. The summed E-state index contributed by atoms with van der Waals surface area (Å²) < 4.78 is 1.63. The number of rotatable bonds is 1. The fourth-order valence-electron chi connectivity index (χ4n) is 2.84. The highest BCUT2D eigenvalue weighted by atomic mass is 16.4. The molecule has 1 aromatic heterocycles. The average Bonchev–Trinajstić information content (AvgIpc) is 2.76. The predicted octanol–water partition coefficient (Wildman–Crippen LogP) is -0.0447. The Hall–Kier alpha value is -1.47. The number of aryl methyl sites for hydroxylation is 2. The van der Waals surface area contributed by atoms with E-state index in [1.165, 1.54) is 0 Å². The molecule has 1 aliphatic heterocycles. The molecule has 20 heavy (non-hydrogen) atoms. The maximum absolute atomic E-state index is 10.1. The molecule has 0 spiro atoms. The van der Waals surface area contributed by atoms with Crippen molar-refractivity contribution >= 4 is 11.0 Å². The zero-order valence-corrected chi connectivity index (χ0v) is 11.4. The van der Waals surface area contributed by atoms with E-state index in [-0.39, 0.29) is 12.4 Å². The van der Waals surface area contributed by atoms with Crippen LogP contribution in [0.25, 0.3) is 11.0 Å². The standard InChI is InChI=1S/C14H18N2O4/c1-6-3-8-9(4-7(6)2)16-10(5-17)11(18)12(19)13(20)14(16)15-8/h3-4,10-13,17-20H,5H2,1-2H3/t10-,11+,12-,13+/m0/s1. The topological polar surface area (TPSA) is 98.7 Å². The van der Waals surface area contributed by atoms with Gasteiger partial charge in [0, 0.05) is 0 Å². The normalized spacial score (nSPS) is 29.7. The molecule has 0 amide bonds. The molecule has 0 unspecified atom stereocenters. The largest absolute Gasteiger partial charge is 0.394 e. The number of nitrogens with zero attached hydrogens (tertiary/aromatic N) is 2. The second-order valence-corrected chi connectivity index (χ2v) is 5.44. The number of aliphatic hydroxyl groups excluding tert-OH is 4. The van der Waals surface area contributed by atoms with Crippen LogP contribution < -0.4 is 0 Å². The Balaban J connectivity index is 2.32.